The lowest BCUT2D eigenvalue weighted by molar-refractivity contribution is 0.102. The predicted molar refractivity (Wildman–Crippen MR) is 89.2 cm³/mol. The number of nitrogen functional groups attached to an aromatic ring is 1. The molecule has 1 heterocycles. The van der Waals surface area contributed by atoms with Crippen LogP contribution in [0.4, 0.5) is 11.5 Å². The maximum Gasteiger partial charge on any atom is 0.259 e. The Bertz CT molecular complexity index is 711. The molecule has 21 heavy (non-hydrogen) atoms. The van der Waals surface area contributed by atoms with E-state index in [1.807, 2.05) is 0 Å². The van der Waals surface area contributed by atoms with E-state index in [4.69, 9.17) is 40.6 Å². The smallest absolute Gasteiger partial charge is 0.259 e. The number of hydrogen-bond acceptors (Lipinski definition) is 4. The van der Waals surface area contributed by atoms with Crippen molar-refractivity contribution in [1.29, 1.82) is 0 Å². The number of carbonyl (C=O) groups is 1. The van der Waals surface area contributed by atoms with Crippen LogP contribution in [-0.2, 0) is 0 Å². The molecule has 5 nitrogen and oxygen atoms in total. The van der Waals surface area contributed by atoms with Crippen LogP contribution >= 0.6 is 50.7 Å². The summed E-state index contributed by atoms with van der Waals surface area (Å²) in [5, 5.41) is 3.47. The quantitative estimate of drug-likeness (QED) is 0.399. The molecular formula is C12H8BrCl3N4O. The third-order valence-electron chi connectivity index (χ3n) is 2.49. The molecule has 0 aliphatic rings. The lowest BCUT2D eigenvalue weighted by atomic mass is 10.2. The van der Waals surface area contributed by atoms with Crippen molar-refractivity contribution < 1.29 is 4.79 Å². The third-order valence-corrected chi connectivity index (χ3v) is 3.96. The summed E-state index contributed by atoms with van der Waals surface area (Å²) in [6.07, 6.45) is 1.51. The second kappa shape index (κ2) is 6.81. The molecule has 2 aromatic rings. The van der Waals surface area contributed by atoms with Crippen LogP contribution in [0, 0.1) is 0 Å². The van der Waals surface area contributed by atoms with E-state index < -0.39 is 5.91 Å². The molecule has 0 fully saturated rings. The number of nitrogens with zero attached hydrogens (tertiary/aromatic N) is 1. The van der Waals surface area contributed by atoms with Crippen molar-refractivity contribution in [3.05, 3.63) is 49.5 Å². The minimum atomic E-state index is -0.447. The van der Waals surface area contributed by atoms with Gasteiger partial charge in [0.1, 0.15) is 0 Å². The topological polar surface area (TPSA) is 80.0 Å². The summed E-state index contributed by atoms with van der Waals surface area (Å²) in [6.45, 7) is 0. The van der Waals surface area contributed by atoms with Gasteiger partial charge in [-0.2, -0.15) is 0 Å². The zero-order valence-electron chi connectivity index (χ0n) is 10.3. The number of nitrogens with one attached hydrogen (secondary N) is 2. The Hall–Kier alpha value is -1.05. The van der Waals surface area contributed by atoms with Crippen molar-refractivity contribution in [3.8, 4) is 0 Å². The molecule has 0 aliphatic heterocycles. The van der Waals surface area contributed by atoms with Gasteiger partial charge in [0.05, 0.1) is 26.3 Å². The zero-order valence-corrected chi connectivity index (χ0v) is 14.1. The van der Waals surface area contributed by atoms with Gasteiger partial charge in [0.25, 0.3) is 5.91 Å². The molecule has 1 amide bonds. The van der Waals surface area contributed by atoms with Gasteiger partial charge < -0.3 is 10.7 Å². The highest BCUT2D eigenvalue weighted by Gasteiger charge is 2.15. The molecule has 0 unspecified atom stereocenters. The van der Waals surface area contributed by atoms with Crippen LogP contribution in [0.1, 0.15) is 10.4 Å². The summed E-state index contributed by atoms with van der Waals surface area (Å²) in [7, 11) is 0. The zero-order chi connectivity index (χ0) is 15.6. The molecule has 0 saturated heterocycles. The van der Waals surface area contributed by atoms with Gasteiger partial charge >= 0.3 is 0 Å². The van der Waals surface area contributed by atoms with Crippen LogP contribution in [0.5, 0.6) is 0 Å². The highest BCUT2D eigenvalue weighted by Crippen LogP contribution is 2.32. The average Bonchev–Trinajstić information content (AvgIpc) is 2.44. The fourth-order valence-corrected chi connectivity index (χ4v) is 2.46. The molecule has 4 N–H and O–H groups in total. The van der Waals surface area contributed by atoms with Crippen LogP contribution in [0.2, 0.25) is 15.1 Å². The summed E-state index contributed by atoms with van der Waals surface area (Å²) < 4.78 is 0.631. The standard InChI is InChI=1S/C12H8BrCl3N4O/c13-5-1-6(11(20-17)18-4-5)12(21)19-10-3-8(15)7(14)2-9(10)16/h1-4H,17H2,(H,18,20)(H,19,21). The Morgan fingerprint density at radius 3 is 2.48 bits per heavy atom. The number of hydrogen-bond donors (Lipinski definition) is 3. The molecule has 0 saturated carbocycles. The lowest BCUT2D eigenvalue weighted by Gasteiger charge is -2.11. The molecular weight excluding hydrogens is 402 g/mol. The van der Waals surface area contributed by atoms with Gasteiger partial charge in [0, 0.05) is 10.7 Å². The van der Waals surface area contributed by atoms with E-state index in [2.05, 4.69) is 31.7 Å². The first kappa shape index (κ1) is 16.3. The van der Waals surface area contributed by atoms with E-state index in [-0.39, 0.29) is 21.4 Å². The van der Waals surface area contributed by atoms with Gasteiger partial charge in [-0.1, -0.05) is 34.8 Å². The first-order valence-corrected chi connectivity index (χ1v) is 7.43. The molecule has 9 heteroatoms. The number of carbonyl (C=O) groups excluding carboxylic acids is 1. The summed E-state index contributed by atoms with van der Waals surface area (Å²) in [4.78, 5) is 16.3. The van der Waals surface area contributed by atoms with E-state index >= 15 is 0 Å². The molecule has 1 aromatic heterocycles. The minimum Gasteiger partial charge on any atom is -0.320 e. The Morgan fingerprint density at radius 1 is 1.14 bits per heavy atom. The number of anilines is 2. The Morgan fingerprint density at radius 2 is 1.81 bits per heavy atom. The largest absolute Gasteiger partial charge is 0.320 e. The molecule has 0 atom stereocenters. The maximum atomic E-state index is 12.3. The molecule has 0 spiro atoms. The highest BCUT2D eigenvalue weighted by molar-refractivity contribution is 9.10. The van der Waals surface area contributed by atoms with Crippen molar-refractivity contribution in [1.82, 2.24) is 4.98 Å². The average molecular weight is 410 g/mol. The first-order valence-electron chi connectivity index (χ1n) is 5.50. The van der Waals surface area contributed by atoms with Crippen LogP contribution in [0.3, 0.4) is 0 Å². The summed E-state index contributed by atoms with van der Waals surface area (Å²) in [5.41, 5.74) is 2.93. The number of hydrazine groups is 1. The van der Waals surface area contributed by atoms with Crippen molar-refractivity contribution in [2.75, 3.05) is 10.7 Å². The second-order valence-corrected chi connectivity index (χ2v) is 6.03. The number of nitrogens with two attached hydrogens (primary N) is 1. The summed E-state index contributed by atoms with van der Waals surface area (Å²) in [6, 6.07) is 4.48. The predicted octanol–water partition coefficient (Wildman–Crippen LogP) is 4.34. The SMILES string of the molecule is NNc1ncc(Br)cc1C(=O)Nc1cc(Cl)c(Cl)cc1Cl. The summed E-state index contributed by atoms with van der Waals surface area (Å²) >= 11 is 21.0. The normalized spacial score (nSPS) is 10.3. The third kappa shape index (κ3) is 3.78. The molecule has 0 aliphatic carbocycles. The van der Waals surface area contributed by atoms with Crippen molar-refractivity contribution in [2.24, 2.45) is 5.84 Å². The maximum absolute atomic E-state index is 12.3. The highest BCUT2D eigenvalue weighted by atomic mass is 79.9. The Kier molecular flexibility index (Phi) is 5.29. The molecule has 0 radical (unpaired) electrons. The van der Waals surface area contributed by atoms with Crippen molar-refractivity contribution in [2.45, 2.75) is 0 Å². The lowest BCUT2D eigenvalue weighted by Crippen LogP contribution is -2.18. The van der Waals surface area contributed by atoms with Crippen molar-refractivity contribution in [3.63, 3.8) is 0 Å². The van der Waals surface area contributed by atoms with E-state index in [1.165, 1.54) is 18.3 Å². The molecule has 1 aromatic carbocycles. The van der Waals surface area contributed by atoms with Gasteiger partial charge in [0.2, 0.25) is 0 Å². The van der Waals surface area contributed by atoms with Gasteiger partial charge in [0.15, 0.2) is 5.82 Å². The van der Waals surface area contributed by atoms with Crippen LogP contribution in [0.15, 0.2) is 28.9 Å². The van der Waals surface area contributed by atoms with Crippen molar-refractivity contribution >= 4 is 68.1 Å². The second-order valence-electron chi connectivity index (χ2n) is 3.89. The number of halogens is 4. The number of rotatable bonds is 3. The van der Waals surface area contributed by atoms with E-state index in [1.54, 1.807) is 6.07 Å². The Labute approximate surface area is 143 Å². The number of amides is 1. The van der Waals surface area contributed by atoms with Gasteiger partial charge in [-0.15, -0.1) is 0 Å². The number of benzene rings is 1. The fraction of sp³-hybridized carbons (Fsp3) is 0. The van der Waals surface area contributed by atoms with Gasteiger partial charge in [-0.25, -0.2) is 10.8 Å². The summed E-state index contributed by atoms with van der Waals surface area (Å²) in [5.74, 6) is 5.11. The number of pyridine rings is 1. The molecule has 110 valence electrons. The monoisotopic (exact) mass is 408 g/mol. The van der Waals surface area contributed by atoms with E-state index in [0.29, 0.717) is 15.2 Å². The number of aromatic nitrogens is 1. The first-order chi connectivity index (χ1) is 9.92. The Balaban J connectivity index is 2.34. The fourth-order valence-electron chi connectivity index (χ4n) is 1.54. The molecule has 2 rings (SSSR count). The van der Waals surface area contributed by atoms with E-state index in [0.717, 1.165) is 0 Å². The minimum absolute atomic E-state index is 0.229. The van der Waals surface area contributed by atoms with Crippen LogP contribution in [-0.4, -0.2) is 10.9 Å². The molecule has 0 bridgehead atoms. The van der Waals surface area contributed by atoms with Gasteiger partial charge in [-0.3, -0.25) is 4.79 Å². The van der Waals surface area contributed by atoms with Gasteiger partial charge in [-0.05, 0) is 34.1 Å². The van der Waals surface area contributed by atoms with Crippen LogP contribution < -0.4 is 16.6 Å². The van der Waals surface area contributed by atoms with Crippen LogP contribution in [0.25, 0.3) is 0 Å². The van der Waals surface area contributed by atoms with E-state index in [9.17, 15) is 4.79 Å².